The van der Waals surface area contributed by atoms with Gasteiger partial charge in [0.1, 0.15) is 30.3 Å². The molecule has 0 saturated carbocycles. The maximum absolute atomic E-state index is 13.3. The Morgan fingerprint density at radius 3 is 2.68 bits per heavy atom. The van der Waals surface area contributed by atoms with Gasteiger partial charge < -0.3 is 21.1 Å². The molecule has 7 nitrogen and oxygen atoms in total. The first-order valence-corrected chi connectivity index (χ1v) is 9.61. The Labute approximate surface area is 182 Å². The predicted octanol–water partition coefficient (Wildman–Crippen LogP) is 5.24. The monoisotopic (exact) mass is 437 g/mol. The number of halogens is 2. The Hall–Kier alpha value is -3.91. The number of urea groups is 1. The second kappa shape index (κ2) is 8.85. The number of carbonyl (C=O) groups is 1. The third kappa shape index (κ3) is 4.99. The summed E-state index contributed by atoms with van der Waals surface area (Å²) in [4.78, 5) is 19.6. The van der Waals surface area contributed by atoms with Crippen LogP contribution in [0.2, 0.25) is 5.02 Å². The molecule has 0 aliphatic carbocycles. The minimum atomic E-state index is -0.661. The van der Waals surface area contributed by atoms with Crippen LogP contribution in [-0.4, -0.2) is 16.0 Å². The van der Waals surface area contributed by atoms with Crippen molar-refractivity contribution in [3.8, 4) is 5.75 Å². The van der Waals surface area contributed by atoms with E-state index in [1.54, 1.807) is 48.5 Å². The smallest absolute Gasteiger partial charge is 0.316 e. The van der Waals surface area contributed by atoms with E-state index in [4.69, 9.17) is 22.1 Å². The Kier molecular flexibility index (Phi) is 5.81. The summed E-state index contributed by atoms with van der Waals surface area (Å²) in [7, 11) is 0. The van der Waals surface area contributed by atoms with Crippen LogP contribution in [0.15, 0.2) is 67.0 Å². The van der Waals surface area contributed by atoms with E-state index < -0.39 is 6.03 Å². The number of carbonyl (C=O) groups excluding carboxylic acids is 1. The molecule has 0 atom stereocenters. The molecule has 0 radical (unpaired) electrons. The number of amides is 2. The number of aromatic nitrogens is 2. The van der Waals surface area contributed by atoms with Gasteiger partial charge in [-0.05, 0) is 54.1 Å². The van der Waals surface area contributed by atoms with E-state index in [1.807, 2.05) is 0 Å². The van der Waals surface area contributed by atoms with Gasteiger partial charge in [-0.3, -0.25) is 0 Å². The predicted molar refractivity (Wildman–Crippen MR) is 118 cm³/mol. The van der Waals surface area contributed by atoms with E-state index in [2.05, 4.69) is 20.6 Å². The maximum atomic E-state index is 13.3. The van der Waals surface area contributed by atoms with Crippen molar-refractivity contribution in [3.63, 3.8) is 0 Å². The molecule has 0 bridgehead atoms. The van der Waals surface area contributed by atoms with Gasteiger partial charge in [-0.2, -0.15) is 0 Å². The molecule has 2 amide bonds. The summed E-state index contributed by atoms with van der Waals surface area (Å²) in [6, 6.07) is 15.9. The molecule has 1 aromatic heterocycles. The zero-order chi connectivity index (χ0) is 21.8. The minimum Gasteiger partial charge on any atom is -0.487 e. The number of hydrogen-bond donors (Lipinski definition) is 3. The van der Waals surface area contributed by atoms with Gasteiger partial charge in [0, 0.05) is 16.8 Å². The molecule has 1 heterocycles. The van der Waals surface area contributed by atoms with Crippen molar-refractivity contribution in [2.45, 2.75) is 6.61 Å². The largest absolute Gasteiger partial charge is 0.487 e. The lowest BCUT2D eigenvalue weighted by molar-refractivity contribution is 0.259. The Balaban J connectivity index is 1.53. The highest BCUT2D eigenvalue weighted by Crippen LogP contribution is 2.31. The van der Waals surface area contributed by atoms with Crippen molar-refractivity contribution in [1.29, 1.82) is 0 Å². The number of nitrogens with one attached hydrogen (secondary N) is 2. The van der Waals surface area contributed by atoms with Crippen LogP contribution in [-0.2, 0) is 6.61 Å². The van der Waals surface area contributed by atoms with Crippen LogP contribution in [0.3, 0.4) is 0 Å². The molecule has 4 aromatic rings. The lowest BCUT2D eigenvalue weighted by atomic mass is 10.2. The van der Waals surface area contributed by atoms with Crippen molar-refractivity contribution in [3.05, 3.63) is 83.4 Å². The molecule has 31 heavy (non-hydrogen) atoms. The van der Waals surface area contributed by atoms with Gasteiger partial charge in [0.05, 0.1) is 10.5 Å². The highest BCUT2D eigenvalue weighted by Gasteiger charge is 2.09. The zero-order valence-corrected chi connectivity index (χ0v) is 16.9. The van der Waals surface area contributed by atoms with Gasteiger partial charge in [0.25, 0.3) is 0 Å². The van der Waals surface area contributed by atoms with Crippen LogP contribution in [0.25, 0.3) is 10.9 Å². The maximum Gasteiger partial charge on any atom is 0.316 e. The average molecular weight is 438 g/mol. The van der Waals surface area contributed by atoms with Gasteiger partial charge in [-0.1, -0.05) is 23.7 Å². The first kappa shape index (κ1) is 20.4. The molecular formula is C22H17ClFN5O2. The van der Waals surface area contributed by atoms with Crippen molar-refractivity contribution >= 4 is 45.7 Å². The number of primary amides is 1. The molecule has 9 heteroatoms. The summed E-state index contributed by atoms with van der Waals surface area (Å²) in [6.45, 7) is 0.191. The quantitative estimate of drug-likeness (QED) is 0.383. The van der Waals surface area contributed by atoms with E-state index in [0.717, 1.165) is 0 Å². The fraction of sp³-hybridized carbons (Fsp3) is 0.0455. The van der Waals surface area contributed by atoms with Crippen LogP contribution >= 0.6 is 11.6 Å². The molecule has 0 fully saturated rings. The second-order valence-corrected chi connectivity index (χ2v) is 7.04. The van der Waals surface area contributed by atoms with Crippen LogP contribution in [0.4, 0.5) is 26.4 Å². The van der Waals surface area contributed by atoms with Crippen molar-refractivity contribution < 1.29 is 13.9 Å². The van der Waals surface area contributed by atoms with Crippen molar-refractivity contribution in [2.24, 2.45) is 5.73 Å². The van der Waals surface area contributed by atoms with Gasteiger partial charge in [0.2, 0.25) is 0 Å². The number of nitrogens with zero attached hydrogens (tertiary/aromatic N) is 2. The van der Waals surface area contributed by atoms with Crippen LogP contribution in [0.1, 0.15) is 5.56 Å². The number of nitrogens with two attached hydrogens (primary N) is 1. The number of hydrogen-bond acceptors (Lipinski definition) is 5. The molecule has 0 unspecified atom stereocenters. The van der Waals surface area contributed by atoms with Crippen LogP contribution in [0, 0.1) is 5.82 Å². The molecule has 0 saturated heterocycles. The summed E-state index contributed by atoms with van der Waals surface area (Å²) in [6.07, 6.45) is 1.43. The summed E-state index contributed by atoms with van der Waals surface area (Å²) in [5, 5.41) is 6.80. The molecule has 0 aliphatic heterocycles. The molecule has 4 rings (SSSR count). The first-order valence-electron chi connectivity index (χ1n) is 9.23. The number of ether oxygens (including phenoxy) is 1. The number of fused-ring (bicyclic) bond motifs is 1. The lowest BCUT2D eigenvalue weighted by Gasteiger charge is -2.12. The molecule has 156 valence electrons. The Morgan fingerprint density at radius 2 is 1.90 bits per heavy atom. The third-order valence-electron chi connectivity index (χ3n) is 4.38. The minimum absolute atomic E-state index is 0.191. The summed E-state index contributed by atoms with van der Waals surface area (Å²) in [5.41, 5.74) is 7.78. The molecule has 3 aromatic carbocycles. The number of anilines is 3. The SMILES string of the molecule is NC(=O)Nc1ccc2ncnc(Nc3ccc(OCc4cccc(F)c4)c(Cl)c3)c2c1. The van der Waals surface area contributed by atoms with Crippen LogP contribution < -0.4 is 21.1 Å². The van der Waals surface area contributed by atoms with Gasteiger partial charge in [0.15, 0.2) is 0 Å². The summed E-state index contributed by atoms with van der Waals surface area (Å²) < 4.78 is 19.0. The number of rotatable bonds is 6. The Morgan fingerprint density at radius 1 is 1.06 bits per heavy atom. The van der Waals surface area contributed by atoms with Gasteiger partial charge >= 0.3 is 6.03 Å². The fourth-order valence-electron chi connectivity index (χ4n) is 3.00. The number of benzene rings is 3. The normalized spacial score (nSPS) is 10.6. The summed E-state index contributed by atoms with van der Waals surface area (Å²) in [5.74, 6) is 0.678. The van der Waals surface area contributed by atoms with E-state index >= 15 is 0 Å². The van der Waals surface area contributed by atoms with Gasteiger partial charge in [-0.25, -0.2) is 19.2 Å². The topological polar surface area (TPSA) is 102 Å². The highest BCUT2D eigenvalue weighted by atomic mass is 35.5. The molecular weight excluding hydrogens is 421 g/mol. The van der Waals surface area contributed by atoms with Crippen molar-refractivity contribution in [2.75, 3.05) is 10.6 Å². The lowest BCUT2D eigenvalue weighted by Crippen LogP contribution is -2.19. The van der Waals surface area contributed by atoms with E-state index in [1.165, 1.54) is 18.5 Å². The molecule has 4 N–H and O–H groups in total. The van der Waals surface area contributed by atoms with E-state index in [0.29, 0.717) is 44.4 Å². The highest BCUT2D eigenvalue weighted by molar-refractivity contribution is 6.32. The van der Waals surface area contributed by atoms with Gasteiger partial charge in [-0.15, -0.1) is 0 Å². The van der Waals surface area contributed by atoms with E-state index in [9.17, 15) is 9.18 Å². The Bertz CT molecular complexity index is 1270. The summed E-state index contributed by atoms with van der Waals surface area (Å²) >= 11 is 6.36. The standard InChI is InChI=1S/C22H17ClFN5O2/c23-18-10-16(5-7-20(18)31-11-13-2-1-3-14(24)8-13)28-21-17-9-15(29-22(25)30)4-6-19(17)26-12-27-21/h1-10,12H,11H2,(H3,25,29,30)(H,26,27,28). The second-order valence-electron chi connectivity index (χ2n) is 6.63. The fourth-order valence-corrected chi connectivity index (χ4v) is 3.23. The molecule has 0 spiro atoms. The third-order valence-corrected chi connectivity index (χ3v) is 4.68. The average Bonchev–Trinajstić information content (AvgIpc) is 2.73. The zero-order valence-electron chi connectivity index (χ0n) is 16.1. The van der Waals surface area contributed by atoms with Crippen LogP contribution in [0.5, 0.6) is 5.75 Å². The first-order chi connectivity index (χ1) is 15.0. The van der Waals surface area contributed by atoms with E-state index in [-0.39, 0.29) is 12.4 Å². The molecule has 0 aliphatic rings. The van der Waals surface area contributed by atoms with Crippen molar-refractivity contribution in [1.82, 2.24) is 9.97 Å².